The predicted molar refractivity (Wildman–Crippen MR) is 109 cm³/mol. The number of halogens is 1. The number of rotatable bonds is 11. The molecule has 1 aliphatic heterocycles. The van der Waals surface area contributed by atoms with Crippen LogP contribution in [-0.2, 0) is 14.2 Å². The molecule has 0 bridgehead atoms. The molecule has 0 saturated carbocycles. The molecular formula is C18H33BrN4O5. The highest BCUT2D eigenvalue weighted by Crippen LogP contribution is 2.24. The van der Waals surface area contributed by atoms with Gasteiger partial charge in [0.1, 0.15) is 5.60 Å². The Kier molecular flexibility index (Phi) is 11.8. The Morgan fingerprint density at radius 1 is 1.43 bits per heavy atom. The van der Waals surface area contributed by atoms with Crippen molar-refractivity contribution in [1.29, 1.82) is 0 Å². The summed E-state index contributed by atoms with van der Waals surface area (Å²) in [5.74, 6) is 0. The van der Waals surface area contributed by atoms with E-state index in [1.165, 1.54) is 0 Å². The van der Waals surface area contributed by atoms with Crippen LogP contribution in [-0.4, -0.2) is 59.8 Å². The van der Waals surface area contributed by atoms with E-state index in [0.717, 1.165) is 32.1 Å². The molecule has 0 aliphatic carbocycles. The van der Waals surface area contributed by atoms with Gasteiger partial charge in [-0.2, -0.15) is 0 Å². The topological polar surface area (TPSA) is 126 Å². The molecule has 1 saturated heterocycles. The lowest BCUT2D eigenvalue weighted by Crippen LogP contribution is -2.39. The van der Waals surface area contributed by atoms with Crippen molar-refractivity contribution in [2.45, 2.75) is 89.4 Å². The first-order chi connectivity index (χ1) is 13.3. The molecule has 28 heavy (non-hydrogen) atoms. The lowest BCUT2D eigenvalue weighted by molar-refractivity contribution is -0.219. The van der Waals surface area contributed by atoms with Gasteiger partial charge in [-0.15, -0.1) is 0 Å². The lowest BCUT2D eigenvalue weighted by atomic mass is 10.1. The van der Waals surface area contributed by atoms with Crippen LogP contribution in [0.2, 0.25) is 0 Å². The van der Waals surface area contributed by atoms with Crippen molar-refractivity contribution in [1.82, 2.24) is 5.32 Å². The minimum Gasteiger partial charge on any atom is -0.444 e. The van der Waals surface area contributed by atoms with E-state index in [1.807, 2.05) is 20.8 Å². The van der Waals surface area contributed by atoms with Crippen molar-refractivity contribution in [2.24, 2.45) is 5.11 Å². The third-order valence-corrected chi connectivity index (χ3v) is 4.85. The molecule has 9 nitrogen and oxygen atoms in total. The van der Waals surface area contributed by atoms with Crippen molar-refractivity contribution < 1.29 is 24.1 Å². The zero-order valence-corrected chi connectivity index (χ0v) is 18.6. The number of nitrogens with one attached hydrogen (secondary N) is 1. The molecule has 0 radical (unpaired) electrons. The summed E-state index contributed by atoms with van der Waals surface area (Å²) < 4.78 is 16.9. The second kappa shape index (κ2) is 13.2. The number of hydrogen-bond acceptors (Lipinski definition) is 6. The first kappa shape index (κ1) is 25.0. The Balaban J connectivity index is 2.41. The standard InChI is InChI=1S/C18H33BrN4O5/c1-18(2,3)28-17(25)21-10-5-4-8-14(22-23-20)15(11-19)27-16-9-6-7-13(12-24)26-16/h13-16,24H,4-12H2,1-3H3,(H,21,25)/t13?,14-,15?,16?/m0/s1. The van der Waals surface area contributed by atoms with Crippen LogP contribution in [0.25, 0.3) is 10.4 Å². The van der Waals surface area contributed by atoms with Gasteiger partial charge in [0.25, 0.3) is 0 Å². The number of unbranched alkanes of at least 4 members (excludes halogenated alkanes) is 1. The number of aliphatic hydroxyl groups is 1. The van der Waals surface area contributed by atoms with E-state index in [0.29, 0.717) is 18.3 Å². The zero-order valence-electron chi connectivity index (χ0n) is 17.0. The van der Waals surface area contributed by atoms with E-state index >= 15 is 0 Å². The highest BCUT2D eigenvalue weighted by molar-refractivity contribution is 9.09. The van der Waals surface area contributed by atoms with E-state index in [9.17, 15) is 9.90 Å². The second-order valence-corrected chi connectivity index (χ2v) is 8.47. The number of azide groups is 1. The summed E-state index contributed by atoms with van der Waals surface area (Å²) in [5.41, 5.74) is 8.38. The fraction of sp³-hybridized carbons (Fsp3) is 0.944. The summed E-state index contributed by atoms with van der Waals surface area (Å²) >= 11 is 3.43. The first-order valence-corrected chi connectivity index (χ1v) is 10.9. The highest BCUT2D eigenvalue weighted by Gasteiger charge is 2.28. The average molecular weight is 465 g/mol. The molecule has 162 valence electrons. The van der Waals surface area contributed by atoms with E-state index in [2.05, 4.69) is 31.3 Å². The van der Waals surface area contributed by atoms with Gasteiger partial charge in [0.15, 0.2) is 6.29 Å². The van der Waals surface area contributed by atoms with Crippen LogP contribution in [0.5, 0.6) is 0 Å². The number of alkyl halides is 1. The van der Waals surface area contributed by atoms with E-state index < -0.39 is 18.0 Å². The fourth-order valence-electron chi connectivity index (χ4n) is 2.89. The quantitative estimate of drug-likeness (QED) is 0.157. The van der Waals surface area contributed by atoms with Crippen LogP contribution < -0.4 is 5.32 Å². The molecule has 0 spiro atoms. The van der Waals surface area contributed by atoms with Gasteiger partial charge in [-0.05, 0) is 58.4 Å². The smallest absolute Gasteiger partial charge is 0.407 e. The summed E-state index contributed by atoms with van der Waals surface area (Å²) in [6.07, 6.45) is 3.26. The number of carbonyl (C=O) groups is 1. The molecule has 3 unspecified atom stereocenters. The van der Waals surface area contributed by atoms with Crippen LogP contribution in [0.4, 0.5) is 4.79 Å². The summed E-state index contributed by atoms with van der Waals surface area (Å²) in [4.78, 5) is 14.6. The second-order valence-electron chi connectivity index (χ2n) is 7.83. The Bertz CT molecular complexity index is 511. The number of ether oxygens (including phenoxy) is 3. The van der Waals surface area contributed by atoms with E-state index in [-0.39, 0.29) is 24.9 Å². The maximum absolute atomic E-state index is 11.6. The molecule has 0 aromatic heterocycles. The molecule has 1 fully saturated rings. The number of nitrogens with zero attached hydrogens (tertiary/aromatic N) is 3. The summed E-state index contributed by atoms with van der Waals surface area (Å²) in [7, 11) is 0. The van der Waals surface area contributed by atoms with E-state index in [4.69, 9.17) is 19.7 Å². The molecule has 1 heterocycles. The molecule has 1 rings (SSSR count). The molecule has 2 N–H and O–H groups in total. The molecule has 10 heteroatoms. The van der Waals surface area contributed by atoms with Crippen LogP contribution in [0.15, 0.2) is 5.11 Å². The fourth-order valence-corrected chi connectivity index (χ4v) is 3.47. The maximum Gasteiger partial charge on any atom is 0.407 e. The van der Waals surface area contributed by atoms with Gasteiger partial charge in [-0.25, -0.2) is 4.79 Å². The van der Waals surface area contributed by atoms with Crippen molar-refractivity contribution in [2.75, 3.05) is 18.5 Å². The van der Waals surface area contributed by atoms with Crippen molar-refractivity contribution in [3.63, 3.8) is 0 Å². The lowest BCUT2D eigenvalue weighted by Gasteiger charge is -2.33. The predicted octanol–water partition coefficient (Wildman–Crippen LogP) is 4.03. The summed E-state index contributed by atoms with van der Waals surface area (Å²) in [5, 5.41) is 16.4. The zero-order chi connectivity index (χ0) is 21.0. The normalized spacial score (nSPS) is 22.0. The SMILES string of the molecule is CC(C)(C)OC(=O)NCCCC[C@H](N=[N+]=[N-])C(CBr)OC1CCCC(CO)O1. The van der Waals surface area contributed by atoms with Gasteiger partial charge in [0.2, 0.25) is 0 Å². The summed E-state index contributed by atoms with van der Waals surface area (Å²) in [6.45, 7) is 5.91. The van der Waals surface area contributed by atoms with Crippen molar-refractivity contribution in [3.05, 3.63) is 10.4 Å². The van der Waals surface area contributed by atoms with Gasteiger partial charge in [-0.3, -0.25) is 0 Å². The number of amides is 1. The van der Waals surface area contributed by atoms with Gasteiger partial charge in [-0.1, -0.05) is 27.5 Å². The van der Waals surface area contributed by atoms with Crippen LogP contribution >= 0.6 is 15.9 Å². The first-order valence-electron chi connectivity index (χ1n) is 9.77. The highest BCUT2D eigenvalue weighted by atomic mass is 79.9. The number of hydrogen-bond donors (Lipinski definition) is 2. The molecule has 1 amide bonds. The Morgan fingerprint density at radius 3 is 2.79 bits per heavy atom. The van der Waals surface area contributed by atoms with Gasteiger partial charge < -0.3 is 24.6 Å². The third kappa shape index (κ3) is 10.5. The number of carbonyl (C=O) groups excluding carboxylic acids is 1. The number of aliphatic hydroxyl groups excluding tert-OH is 1. The Morgan fingerprint density at radius 2 is 2.18 bits per heavy atom. The molecule has 0 aromatic rings. The largest absolute Gasteiger partial charge is 0.444 e. The van der Waals surface area contributed by atoms with Gasteiger partial charge in [0, 0.05) is 16.8 Å². The van der Waals surface area contributed by atoms with Crippen LogP contribution in [0.1, 0.15) is 59.3 Å². The monoisotopic (exact) mass is 464 g/mol. The molecule has 4 atom stereocenters. The van der Waals surface area contributed by atoms with Gasteiger partial charge in [0.05, 0.1) is 24.9 Å². The number of alkyl carbamates (subject to hydrolysis) is 1. The minimum atomic E-state index is -0.520. The van der Waals surface area contributed by atoms with Crippen LogP contribution in [0, 0.1) is 0 Å². The maximum atomic E-state index is 11.6. The Hall–Kier alpha value is -1.06. The van der Waals surface area contributed by atoms with Crippen molar-refractivity contribution in [3.8, 4) is 0 Å². The van der Waals surface area contributed by atoms with Gasteiger partial charge >= 0.3 is 6.09 Å². The molecule has 1 aliphatic rings. The Labute approximate surface area is 175 Å². The average Bonchev–Trinajstić information content (AvgIpc) is 2.64. The third-order valence-electron chi connectivity index (χ3n) is 4.22. The van der Waals surface area contributed by atoms with Crippen LogP contribution in [0.3, 0.4) is 0 Å². The molecular weight excluding hydrogens is 432 g/mol. The van der Waals surface area contributed by atoms with Crippen molar-refractivity contribution >= 4 is 22.0 Å². The van der Waals surface area contributed by atoms with E-state index in [1.54, 1.807) is 0 Å². The minimum absolute atomic E-state index is 0.0245. The summed E-state index contributed by atoms with van der Waals surface area (Å²) in [6, 6.07) is -0.344. The molecule has 0 aromatic carbocycles.